The van der Waals surface area contributed by atoms with E-state index in [0.29, 0.717) is 11.3 Å². The summed E-state index contributed by atoms with van der Waals surface area (Å²) in [5.74, 6) is -2.94. The first-order chi connectivity index (χ1) is 7.68. The van der Waals surface area contributed by atoms with Crippen LogP contribution in [-0.2, 0) is 4.79 Å². The van der Waals surface area contributed by atoms with E-state index in [1.54, 1.807) is 12.1 Å². The highest BCUT2D eigenvalue weighted by Crippen LogP contribution is 2.17. The number of alkyl halides is 3. The minimum atomic E-state index is -5.19. The van der Waals surface area contributed by atoms with E-state index in [2.05, 4.69) is 5.73 Å². The second-order valence-electron chi connectivity index (χ2n) is 2.74. The van der Waals surface area contributed by atoms with Gasteiger partial charge in [0.2, 0.25) is 0 Å². The highest BCUT2D eigenvalue weighted by Gasteiger charge is 2.28. The van der Waals surface area contributed by atoms with Crippen LogP contribution >= 0.6 is 0 Å². The summed E-state index contributed by atoms with van der Waals surface area (Å²) in [6.45, 7) is 0. The molecule has 5 nitrogen and oxygen atoms in total. The zero-order chi connectivity index (χ0) is 13.6. The zero-order valence-electron chi connectivity index (χ0n) is 8.28. The van der Waals surface area contributed by atoms with Gasteiger partial charge < -0.3 is 20.7 Å². The van der Waals surface area contributed by atoms with E-state index < -0.39 is 12.1 Å². The van der Waals surface area contributed by atoms with Crippen molar-refractivity contribution >= 4 is 11.7 Å². The van der Waals surface area contributed by atoms with Gasteiger partial charge >= 0.3 is 6.18 Å². The van der Waals surface area contributed by atoms with Crippen molar-refractivity contribution in [3.63, 3.8) is 0 Å². The normalized spacial score (nSPS) is 9.82. The predicted molar refractivity (Wildman–Crippen MR) is 46.4 cm³/mol. The van der Waals surface area contributed by atoms with Gasteiger partial charge in [0.1, 0.15) is 5.97 Å². The van der Waals surface area contributed by atoms with Gasteiger partial charge in [-0.05, 0) is 6.07 Å². The SMILES string of the molecule is N#Cc1ccc([NH3+])c(O)c1.O=C([O-])C(F)(F)F. The molecular weight excluding hydrogens is 241 g/mol. The average Bonchev–Trinajstić information content (AvgIpc) is 2.21. The van der Waals surface area contributed by atoms with E-state index in [1.807, 2.05) is 6.07 Å². The fourth-order valence-corrected chi connectivity index (χ4v) is 0.633. The molecule has 0 spiro atoms. The molecule has 0 aliphatic rings. The lowest BCUT2D eigenvalue weighted by atomic mass is 10.2. The van der Waals surface area contributed by atoms with Crippen molar-refractivity contribution in [3.05, 3.63) is 23.8 Å². The van der Waals surface area contributed by atoms with Gasteiger partial charge in [-0.25, -0.2) is 0 Å². The summed E-state index contributed by atoms with van der Waals surface area (Å²) in [6.07, 6.45) is -5.19. The topological polar surface area (TPSA) is 112 Å². The molecule has 0 bridgehead atoms. The first-order valence-electron chi connectivity index (χ1n) is 4.01. The number of carbonyl (C=O) groups excluding carboxylic acids is 1. The summed E-state index contributed by atoms with van der Waals surface area (Å²) < 4.78 is 31.5. The quantitative estimate of drug-likeness (QED) is 0.640. The summed E-state index contributed by atoms with van der Waals surface area (Å²) in [4.78, 5) is 8.78. The van der Waals surface area contributed by atoms with E-state index in [9.17, 15) is 13.2 Å². The Hall–Kier alpha value is -2.27. The third kappa shape index (κ3) is 5.39. The summed E-state index contributed by atoms with van der Waals surface area (Å²) in [6, 6.07) is 6.52. The molecule has 92 valence electrons. The molecule has 0 heterocycles. The Morgan fingerprint density at radius 3 is 2.24 bits per heavy atom. The van der Waals surface area contributed by atoms with Crippen LogP contribution in [0.1, 0.15) is 5.56 Å². The van der Waals surface area contributed by atoms with Crippen molar-refractivity contribution in [2.75, 3.05) is 0 Å². The molecule has 0 radical (unpaired) electrons. The molecule has 1 aromatic rings. The van der Waals surface area contributed by atoms with E-state index in [4.69, 9.17) is 20.3 Å². The highest BCUT2D eigenvalue weighted by molar-refractivity contribution is 5.70. The zero-order valence-corrected chi connectivity index (χ0v) is 8.28. The molecular formula is C9H7F3N2O3. The molecule has 0 aromatic heterocycles. The van der Waals surface area contributed by atoms with Gasteiger partial charge in [0.05, 0.1) is 11.6 Å². The Bertz CT molecular complexity index is 452. The van der Waals surface area contributed by atoms with Crippen molar-refractivity contribution < 1.29 is 33.9 Å². The lowest BCUT2D eigenvalue weighted by Gasteiger charge is -2.03. The van der Waals surface area contributed by atoms with Crippen LogP contribution in [0.5, 0.6) is 5.75 Å². The molecule has 0 aliphatic carbocycles. The lowest BCUT2D eigenvalue weighted by molar-refractivity contribution is -0.344. The van der Waals surface area contributed by atoms with E-state index in [0.717, 1.165) is 0 Å². The van der Waals surface area contributed by atoms with Gasteiger partial charge in [0.15, 0.2) is 11.4 Å². The lowest BCUT2D eigenvalue weighted by Crippen LogP contribution is -2.40. The number of carboxylic acid groups (broad SMARTS) is 1. The third-order valence-corrected chi connectivity index (χ3v) is 1.45. The Morgan fingerprint density at radius 1 is 1.47 bits per heavy atom. The number of phenolic OH excluding ortho intramolecular Hbond substituents is 1. The summed E-state index contributed by atoms with van der Waals surface area (Å²) in [5.41, 5.74) is 4.53. The van der Waals surface area contributed by atoms with Crippen molar-refractivity contribution in [1.29, 1.82) is 5.26 Å². The maximum absolute atomic E-state index is 10.5. The van der Waals surface area contributed by atoms with Crippen LogP contribution in [0.3, 0.4) is 0 Å². The number of aliphatic carboxylic acids is 1. The van der Waals surface area contributed by atoms with Gasteiger partial charge in [-0.1, -0.05) is 0 Å². The van der Waals surface area contributed by atoms with Gasteiger partial charge in [-0.3, -0.25) is 0 Å². The Labute approximate surface area is 93.5 Å². The minimum absolute atomic E-state index is 0.0686. The molecule has 4 N–H and O–H groups in total. The maximum Gasteiger partial charge on any atom is 0.430 e. The van der Waals surface area contributed by atoms with Crippen LogP contribution in [0.25, 0.3) is 0 Å². The van der Waals surface area contributed by atoms with E-state index in [-0.39, 0.29) is 5.75 Å². The van der Waals surface area contributed by atoms with Gasteiger partial charge in [0.25, 0.3) is 0 Å². The van der Waals surface area contributed by atoms with Crippen LogP contribution in [0.2, 0.25) is 0 Å². The number of phenols is 1. The number of aromatic hydroxyl groups is 1. The minimum Gasteiger partial charge on any atom is -0.542 e. The number of nitrogens with zero attached hydrogens (tertiary/aromatic N) is 1. The molecule has 0 amide bonds. The number of hydrogen-bond acceptors (Lipinski definition) is 4. The second kappa shape index (κ2) is 5.72. The van der Waals surface area contributed by atoms with Crippen molar-refractivity contribution in [2.45, 2.75) is 6.18 Å². The molecule has 1 aromatic carbocycles. The summed E-state index contributed by atoms with van der Waals surface area (Å²) in [5, 5.41) is 26.2. The molecule has 0 saturated carbocycles. The summed E-state index contributed by atoms with van der Waals surface area (Å²) >= 11 is 0. The molecule has 8 heteroatoms. The number of quaternary nitrogens is 1. The third-order valence-electron chi connectivity index (χ3n) is 1.45. The number of nitriles is 1. The maximum atomic E-state index is 10.5. The largest absolute Gasteiger partial charge is 0.542 e. The molecule has 0 fully saturated rings. The monoisotopic (exact) mass is 248 g/mol. The first-order valence-corrected chi connectivity index (χ1v) is 4.01. The van der Waals surface area contributed by atoms with Crippen molar-refractivity contribution in [2.24, 2.45) is 0 Å². The number of carbonyl (C=O) groups is 1. The predicted octanol–water partition coefficient (Wildman–Crippen LogP) is -0.564. The molecule has 1 rings (SSSR count). The van der Waals surface area contributed by atoms with E-state index in [1.165, 1.54) is 6.07 Å². The van der Waals surface area contributed by atoms with Crippen molar-refractivity contribution in [1.82, 2.24) is 0 Å². The average molecular weight is 248 g/mol. The van der Waals surface area contributed by atoms with Crippen LogP contribution in [-0.4, -0.2) is 17.3 Å². The van der Waals surface area contributed by atoms with Crippen LogP contribution < -0.4 is 10.8 Å². The number of rotatable bonds is 0. The number of hydrogen-bond donors (Lipinski definition) is 2. The Kier molecular flexibility index (Phi) is 4.95. The van der Waals surface area contributed by atoms with Gasteiger partial charge in [-0.15, -0.1) is 0 Å². The Morgan fingerprint density at radius 2 is 1.94 bits per heavy atom. The Balaban J connectivity index is 0.000000325. The second-order valence-corrected chi connectivity index (χ2v) is 2.74. The van der Waals surface area contributed by atoms with Crippen LogP contribution in [0.15, 0.2) is 18.2 Å². The van der Waals surface area contributed by atoms with E-state index >= 15 is 0 Å². The van der Waals surface area contributed by atoms with Gasteiger partial charge in [-0.2, -0.15) is 18.4 Å². The molecule has 0 atom stereocenters. The number of halogens is 3. The van der Waals surface area contributed by atoms with Crippen molar-refractivity contribution in [3.8, 4) is 11.8 Å². The highest BCUT2D eigenvalue weighted by atomic mass is 19.4. The number of benzene rings is 1. The number of carboxylic acids is 1. The molecule has 0 aliphatic heterocycles. The fraction of sp³-hybridized carbons (Fsp3) is 0.111. The fourth-order valence-electron chi connectivity index (χ4n) is 0.633. The van der Waals surface area contributed by atoms with Crippen LogP contribution in [0, 0.1) is 11.3 Å². The smallest absolute Gasteiger partial charge is 0.430 e. The molecule has 0 saturated heterocycles. The molecule has 17 heavy (non-hydrogen) atoms. The van der Waals surface area contributed by atoms with Gasteiger partial charge in [0, 0.05) is 12.1 Å². The molecule has 0 unspecified atom stereocenters. The first kappa shape index (κ1) is 14.7. The standard InChI is InChI=1S/C7H6N2O.C2HF3O2/c8-4-5-1-2-6(9)7(10)3-5;3-2(4,5)1(6)7/h1-3,10H,9H2;(H,6,7). The summed E-state index contributed by atoms with van der Waals surface area (Å²) in [7, 11) is 0. The van der Waals surface area contributed by atoms with Crippen LogP contribution in [0.4, 0.5) is 18.9 Å².